The van der Waals surface area contributed by atoms with E-state index in [1.165, 1.54) is 0 Å². The van der Waals surface area contributed by atoms with Crippen LogP contribution in [0.5, 0.6) is 0 Å². The first-order valence-corrected chi connectivity index (χ1v) is 6.78. The Labute approximate surface area is 111 Å². The molecule has 1 aromatic heterocycles. The van der Waals surface area contributed by atoms with Gasteiger partial charge in [-0.1, -0.05) is 6.07 Å². The summed E-state index contributed by atoms with van der Waals surface area (Å²) in [4.78, 5) is 6.83. The van der Waals surface area contributed by atoms with E-state index in [0.717, 1.165) is 37.7 Å². The Balaban J connectivity index is 2.28. The molecule has 1 heterocycles. The molecule has 0 unspecified atom stereocenters. The average Bonchev–Trinajstić information content (AvgIpc) is 2.35. The Hall–Kier alpha value is -1.29. The van der Waals surface area contributed by atoms with Crippen molar-refractivity contribution in [1.29, 1.82) is 0 Å². The van der Waals surface area contributed by atoms with Gasteiger partial charge in [0.15, 0.2) is 0 Å². The summed E-state index contributed by atoms with van der Waals surface area (Å²) in [6.45, 7) is 9.47. The van der Waals surface area contributed by atoms with Crippen LogP contribution in [0, 0.1) is 0 Å². The summed E-state index contributed by atoms with van der Waals surface area (Å²) in [6.07, 6.45) is 1.13. The molecular weight excluding hydrogens is 224 g/mol. The Morgan fingerprint density at radius 2 is 1.89 bits per heavy atom. The first kappa shape index (κ1) is 14.8. The van der Waals surface area contributed by atoms with Crippen LogP contribution < -0.4 is 10.6 Å². The molecule has 0 fully saturated rings. The van der Waals surface area contributed by atoms with Gasteiger partial charge in [0.2, 0.25) is 0 Å². The molecule has 1 aromatic rings. The Kier molecular flexibility index (Phi) is 6.50. The van der Waals surface area contributed by atoms with Crippen LogP contribution in [0.1, 0.15) is 27.2 Å². The fraction of sp³-hybridized carbons (Fsp3) is 0.643. The molecule has 0 bridgehead atoms. The Morgan fingerprint density at radius 3 is 2.50 bits per heavy atom. The maximum Gasteiger partial charge on any atom is 0.128 e. The number of aromatic nitrogens is 1. The standard InChI is InChI=1S/C14H26N4/c1-5-15-13-8-6-9-14(17-13)16-10-7-11-18(4)12(2)3/h6,8-9,12H,5,7,10-11H2,1-4H3,(H2,15,16,17). The summed E-state index contributed by atoms with van der Waals surface area (Å²) in [5.41, 5.74) is 0. The van der Waals surface area contributed by atoms with Gasteiger partial charge in [0.1, 0.15) is 11.6 Å². The molecule has 0 saturated heterocycles. The SMILES string of the molecule is CCNc1cccc(NCCCN(C)C(C)C)n1. The van der Waals surface area contributed by atoms with Gasteiger partial charge in [0.05, 0.1) is 0 Å². The molecule has 0 saturated carbocycles. The smallest absolute Gasteiger partial charge is 0.128 e. The lowest BCUT2D eigenvalue weighted by atomic mass is 10.3. The van der Waals surface area contributed by atoms with Crippen LogP contribution in [0.4, 0.5) is 11.6 Å². The van der Waals surface area contributed by atoms with E-state index in [1.54, 1.807) is 0 Å². The Bertz CT molecular complexity index is 338. The second-order valence-corrected chi connectivity index (χ2v) is 4.79. The van der Waals surface area contributed by atoms with Crippen molar-refractivity contribution in [1.82, 2.24) is 9.88 Å². The molecule has 102 valence electrons. The summed E-state index contributed by atoms with van der Waals surface area (Å²) < 4.78 is 0. The highest BCUT2D eigenvalue weighted by Crippen LogP contribution is 2.08. The zero-order chi connectivity index (χ0) is 13.4. The number of nitrogens with one attached hydrogen (secondary N) is 2. The third-order valence-corrected chi connectivity index (χ3v) is 2.98. The highest BCUT2D eigenvalue weighted by molar-refractivity contribution is 5.44. The van der Waals surface area contributed by atoms with Crippen molar-refractivity contribution in [3.05, 3.63) is 18.2 Å². The third kappa shape index (κ3) is 5.36. The number of anilines is 2. The molecular formula is C14H26N4. The quantitative estimate of drug-likeness (QED) is 0.696. The van der Waals surface area contributed by atoms with Gasteiger partial charge >= 0.3 is 0 Å². The van der Waals surface area contributed by atoms with E-state index in [9.17, 15) is 0 Å². The fourth-order valence-corrected chi connectivity index (χ4v) is 1.62. The van der Waals surface area contributed by atoms with Gasteiger partial charge in [-0.15, -0.1) is 0 Å². The molecule has 0 radical (unpaired) electrons. The second-order valence-electron chi connectivity index (χ2n) is 4.79. The lowest BCUT2D eigenvalue weighted by Gasteiger charge is -2.20. The topological polar surface area (TPSA) is 40.2 Å². The van der Waals surface area contributed by atoms with Crippen molar-refractivity contribution in [2.24, 2.45) is 0 Å². The first-order chi connectivity index (χ1) is 8.63. The third-order valence-electron chi connectivity index (χ3n) is 2.98. The van der Waals surface area contributed by atoms with Crippen LogP contribution in [-0.4, -0.2) is 42.6 Å². The van der Waals surface area contributed by atoms with Gasteiger partial charge < -0.3 is 15.5 Å². The number of pyridine rings is 1. The van der Waals surface area contributed by atoms with Crippen LogP contribution in [0.15, 0.2) is 18.2 Å². The van der Waals surface area contributed by atoms with Crippen molar-refractivity contribution in [2.75, 3.05) is 37.3 Å². The van der Waals surface area contributed by atoms with Crippen LogP contribution in [0.3, 0.4) is 0 Å². The van der Waals surface area contributed by atoms with Crippen molar-refractivity contribution in [2.45, 2.75) is 33.2 Å². The maximum absolute atomic E-state index is 4.48. The molecule has 0 aliphatic rings. The van der Waals surface area contributed by atoms with Gasteiger partial charge in [0.25, 0.3) is 0 Å². The lowest BCUT2D eigenvalue weighted by molar-refractivity contribution is 0.273. The van der Waals surface area contributed by atoms with E-state index in [-0.39, 0.29) is 0 Å². The molecule has 18 heavy (non-hydrogen) atoms. The van der Waals surface area contributed by atoms with Crippen molar-refractivity contribution < 1.29 is 0 Å². The van der Waals surface area contributed by atoms with Crippen LogP contribution in [-0.2, 0) is 0 Å². The monoisotopic (exact) mass is 250 g/mol. The molecule has 0 aliphatic heterocycles. The zero-order valence-corrected chi connectivity index (χ0v) is 12.0. The normalized spacial score (nSPS) is 11.0. The molecule has 0 aromatic carbocycles. The van der Waals surface area contributed by atoms with E-state index < -0.39 is 0 Å². The molecule has 2 N–H and O–H groups in total. The zero-order valence-electron chi connectivity index (χ0n) is 12.0. The highest BCUT2D eigenvalue weighted by atomic mass is 15.1. The van der Waals surface area contributed by atoms with Crippen LogP contribution >= 0.6 is 0 Å². The van der Waals surface area contributed by atoms with Crippen LogP contribution in [0.25, 0.3) is 0 Å². The minimum Gasteiger partial charge on any atom is -0.370 e. The first-order valence-electron chi connectivity index (χ1n) is 6.78. The van der Waals surface area contributed by atoms with Crippen molar-refractivity contribution in [3.63, 3.8) is 0 Å². The number of hydrogen-bond donors (Lipinski definition) is 2. The van der Waals surface area contributed by atoms with E-state index in [0.29, 0.717) is 6.04 Å². The van der Waals surface area contributed by atoms with E-state index in [4.69, 9.17) is 0 Å². The maximum atomic E-state index is 4.48. The number of rotatable bonds is 8. The number of nitrogens with zero attached hydrogens (tertiary/aromatic N) is 2. The van der Waals surface area contributed by atoms with Gasteiger partial charge in [-0.05, 0) is 52.9 Å². The van der Waals surface area contributed by atoms with E-state index >= 15 is 0 Å². The molecule has 0 spiro atoms. The van der Waals surface area contributed by atoms with E-state index in [2.05, 4.69) is 48.3 Å². The number of hydrogen-bond acceptors (Lipinski definition) is 4. The highest BCUT2D eigenvalue weighted by Gasteiger charge is 2.02. The van der Waals surface area contributed by atoms with Gasteiger partial charge in [-0.3, -0.25) is 0 Å². The molecule has 4 heteroatoms. The minimum atomic E-state index is 0.611. The lowest BCUT2D eigenvalue weighted by Crippen LogP contribution is -2.28. The fourth-order valence-electron chi connectivity index (χ4n) is 1.62. The second kappa shape index (κ2) is 7.93. The van der Waals surface area contributed by atoms with E-state index in [1.807, 2.05) is 18.2 Å². The van der Waals surface area contributed by atoms with Gasteiger partial charge in [-0.2, -0.15) is 0 Å². The van der Waals surface area contributed by atoms with Gasteiger partial charge in [-0.25, -0.2) is 4.98 Å². The largest absolute Gasteiger partial charge is 0.370 e. The van der Waals surface area contributed by atoms with Gasteiger partial charge in [0, 0.05) is 19.1 Å². The predicted octanol–water partition coefficient (Wildman–Crippen LogP) is 2.66. The molecule has 1 rings (SSSR count). The molecule has 4 nitrogen and oxygen atoms in total. The summed E-state index contributed by atoms with van der Waals surface area (Å²) >= 11 is 0. The summed E-state index contributed by atoms with van der Waals surface area (Å²) in [6, 6.07) is 6.63. The Morgan fingerprint density at radius 1 is 1.22 bits per heavy atom. The molecule has 0 atom stereocenters. The molecule has 0 amide bonds. The molecule has 0 aliphatic carbocycles. The summed E-state index contributed by atoms with van der Waals surface area (Å²) in [5, 5.41) is 6.57. The summed E-state index contributed by atoms with van der Waals surface area (Å²) in [5.74, 6) is 1.88. The summed E-state index contributed by atoms with van der Waals surface area (Å²) in [7, 11) is 2.16. The minimum absolute atomic E-state index is 0.611. The predicted molar refractivity (Wildman–Crippen MR) is 79.3 cm³/mol. The average molecular weight is 250 g/mol. The van der Waals surface area contributed by atoms with Crippen molar-refractivity contribution >= 4 is 11.6 Å². The van der Waals surface area contributed by atoms with Crippen LogP contribution in [0.2, 0.25) is 0 Å². The van der Waals surface area contributed by atoms with Crippen molar-refractivity contribution in [3.8, 4) is 0 Å².